The van der Waals surface area contributed by atoms with Crippen molar-refractivity contribution in [3.63, 3.8) is 0 Å². The number of hydrogen-bond acceptors (Lipinski definition) is 4. The van der Waals surface area contributed by atoms with Crippen LogP contribution in [0.25, 0.3) is 10.9 Å². The van der Waals surface area contributed by atoms with E-state index < -0.39 is 9.84 Å². The molecule has 1 aromatic heterocycles. The molecule has 5 nitrogen and oxygen atoms in total. The number of likely N-dealkylation sites (tertiary alicyclic amines) is 1. The third-order valence-electron chi connectivity index (χ3n) is 5.11. The second kappa shape index (κ2) is 7.30. The first-order chi connectivity index (χ1) is 12.9. The second-order valence-corrected chi connectivity index (χ2v) is 9.75. The Balaban J connectivity index is 1.65. The fourth-order valence-electron chi connectivity index (χ4n) is 3.53. The van der Waals surface area contributed by atoms with Gasteiger partial charge in [0, 0.05) is 22.6 Å². The Morgan fingerprint density at radius 3 is 2.59 bits per heavy atom. The predicted octanol–water partition coefficient (Wildman–Crippen LogP) is 4.27. The minimum absolute atomic E-state index is 0.195. The van der Waals surface area contributed by atoms with Crippen LogP contribution in [0, 0.1) is 0 Å². The third kappa shape index (κ3) is 3.63. The molecule has 0 bridgehead atoms. The summed E-state index contributed by atoms with van der Waals surface area (Å²) in [7, 11) is -1.53. The lowest BCUT2D eigenvalue weighted by molar-refractivity contribution is 0.264. The molecule has 0 saturated carbocycles. The van der Waals surface area contributed by atoms with Crippen LogP contribution in [-0.4, -0.2) is 44.5 Å². The molecule has 0 spiro atoms. The van der Waals surface area contributed by atoms with E-state index in [4.69, 9.17) is 0 Å². The van der Waals surface area contributed by atoms with Gasteiger partial charge in [-0.2, -0.15) is 0 Å². The maximum Gasteiger partial charge on any atom is 0.223 e. The molecule has 1 aliphatic rings. The molecule has 1 fully saturated rings. The van der Waals surface area contributed by atoms with Gasteiger partial charge in [0.25, 0.3) is 0 Å². The first-order valence-electron chi connectivity index (χ1n) is 9.01. The van der Waals surface area contributed by atoms with Crippen molar-refractivity contribution < 1.29 is 8.42 Å². The van der Waals surface area contributed by atoms with E-state index in [2.05, 4.69) is 38.2 Å². The molecule has 1 saturated heterocycles. The number of hydrogen-bond donors (Lipinski definition) is 2. The van der Waals surface area contributed by atoms with Crippen LogP contribution in [0.1, 0.15) is 12.8 Å². The van der Waals surface area contributed by atoms with Gasteiger partial charge >= 0.3 is 0 Å². The van der Waals surface area contributed by atoms with Crippen molar-refractivity contribution in [3.05, 3.63) is 53.0 Å². The molecule has 27 heavy (non-hydrogen) atoms. The molecule has 0 radical (unpaired) electrons. The Labute approximate surface area is 167 Å². The average molecular weight is 448 g/mol. The molecule has 0 amide bonds. The SMILES string of the molecule is CN1CCC(Nc2cccc(S(=O)(=O)c3[nH]c4ccccc4c3Br)c2)CC1. The Bertz CT molecular complexity index is 1070. The fourth-order valence-corrected chi connectivity index (χ4v) is 5.98. The van der Waals surface area contributed by atoms with Crippen molar-refractivity contribution in [2.75, 3.05) is 25.5 Å². The summed E-state index contributed by atoms with van der Waals surface area (Å²) < 4.78 is 27.0. The maximum absolute atomic E-state index is 13.2. The van der Waals surface area contributed by atoms with E-state index >= 15 is 0 Å². The quantitative estimate of drug-likeness (QED) is 0.626. The number of aromatic nitrogens is 1. The van der Waals surface area contributed by atoms with Gasteiger partial charge in [0.1, 0.15) is 0 Å². The van der Waals surface area contributed by atoms with Crippen molar-refractivity contribution >= 4 is 42.4 Å². The number of rotatable bonds is 4. The summed E-state index contributed by atoms with van der Waals surface area (Å²) in [6.45, 7) is 2.11. The predicted molar refractivity (Wildman–Crippen MR) is 112 cm³/mol. The molecule has 2 aromatic carbocycles. The van der Waals surface area contributed by atoms with Gasteiger partial charge in [0.2, 0.25) is 9.84 Å². The van der Waals surface area contributed by atoms with E-state index in [9.17, 15) is 8.42 Å². The molecule has 2 heterocycles. The van der Waals surface area contributed by atoms with Crippen LogP contribution in [0.5, 0.6) is 0 Å². The molecule has 0 aliphatic carbocycles. The lowest BCUT2D eigenvalue weighted by atomic mass is 10.1. The summed E-state index contributed by atoms with van der Waals surface area (Å²) in [5.74, 6) is 0. The molecular formula is C20H22BrN3O2S. The number of H-pyrrole nitrogens is 1. The summed E-state index contributed by atoms with van der Waals surface area (Å²) in [5, 5.41) is 4.55. The Morgan fingerprint density at radius 1 is 1.11 bits per heavy atom. The van der Waals surface area contributed by atoms with Gasteiger partial charge in [-0.3, -0.25) is 0 Å². The number of piperidine rings is 1. The summed E-state index contributed by atoms with van der Waals surface area (Å²) >= 11 is 3.46. The molecule has 1 aliphatic heterocycles. The molecule has 3 aromatic rings. The van der Waals surface area contributed by atoms with E-state index in [0.717, 1.165) is 42.5 Å². The summed E-state index contributed by atoms with van der Waals surface area (Å²) in [5.41, 5.74) is 1.64. The Kier molecular flexibility index (Phi) is 5.01. The lowest BCUT2D eigenvalue weighted by Crippen LogP contribution is -2.36. The van der Waals surface area contributed by atoms with E-state index in [1.54, 1.807) is 18.2 Å². The van der Waals surface area contributed by atoms with Crippen LogP contribution in [-0.2, 0) is 9.84 Å². The van der Waals surface area contributed by atoms with E-state index in [0.29, 0.717) is 10.5 Å². The molecule has 0 unspecified atom stereocenters. The van der Waals surface area contributed by atoms with E-state index in [1.165, 1.54) is 0 Å². The monoisotopic (exact) mass is 447 g/mol. The Hall–Kier alpha value is -1.83. The number of anilines is 1. The highest BCUT2D eigenvalue weighted by atomic mass is 79.9. The van der Waals surface area contributed by atoms with Crippen molar-refractivity contribution in [1.29, 1.82) is 0 Å². The van der Waals surface area contributed by atoms with Crippen LogP contribution in [0.15, 0.2) is 62.9 Å². The van der Waals surface area contributed by atoms with Gasteiger partial charge in [-0.25, -0.2) is 8.42 Å². The van der Waals surface area contributed by atoms with Crippen LogP contribution in [0.2, 0.25) is 0 Å². The van der Waals surface area contributed by atoms with Crippen LogP contribution < -0.4 is 5.32 Å². The number of aromatic amines is 1. The lowest BCUT2D eigenvalue weighted by Gasteiger charge is -2.30. The van der Waals surface area contributed by atoms with Crippen LogP contribution >= 0.6 is 15.9 Å². The van der Waals surface area contributed by atoms with E-state index in [-0.39, 0.29) is 9.92 Å². The molecular weight excluding hydrogens is 426 g/mol. The van der Waals surface area contributed by atoms with Gasteiger partial charge in [0.05, 0.1) is 9.37 Å². The zero-order valence-corrected chi connectivity index (χ0v) is 17.5. The molecule has 4 rings (SSSR count). The standard InChI is InChI=1S/C20H22BrN3O2S/c1-24-11-9-14(10-12-24)22-15-5-4-6-16(13-15)27(25,26)20-19(21)17-7-2-3-8-18(17)23-20/h2-8,13-14,22-23H,9-12H2,1H3. The molecule has 0 atom stereocenters. The first kappa shape index (κ1) is 18.5. The summed E-state index contributed by atoms with van der Waals surface area (Å²) in [6, 6.07) is 15.0. The van der Waals surface area contributed by atoms with Crippen molar-refractivity contribution in [2.24, 2.45) is 0 Å². The normalized spacial score (nSPS) is 16.7. The fraction of sp³-hybridized carbons (Fsp3) is 0.300. The van der Waals surface area contributed by atoms with Gasteiger partial charge in [-0.15, -0.1) is 0 Å². The van der Waals surface area contributed by atoms with Crippen LogP contribution in [0.4, 0.5) is 5.69 Å². The van der Waals surface area contributed by atoms with Gasteiger partial charge in [-0.05, 0) is 73.2 Å². The van der Waals surface area contributed by atoms with Crippen molar-refractivity contribution in [2.45, 2.75) is 28.8 Å². The number of nitrogens with zero attached hydrogens (tertiary/aromatic N) is 1. The largest absolute Gasteiger partial charge is 0.382 e. The van der Waals surface area contributed by atoms with Crippen molar-refractivity contribution in [3.8, 4) is 0 Å². The average Bonchev–Trinajstić information content (AvgIpc) is 3.02. The minimum atomic E-state index is -3.65. The van der Waals surface area contributed by atoms with Gasteiger partial charge in [0.15, 0.2) is 5.03 Å². The number of para-hydroxylation sites is 1. The topological polar surface area (TPSA) is 65.2 Å². The number of nitrogens with one attached hydrogen (secondary N) is 2. The smallest absolute Gasteiger partial charge is 0.223 e. The van der Waals surface area contributed by atoms with Crippen LogP contribution in [0.3, 0.4) is 0 Å². The number of sulfone groups is 1. The molecule has 7 heteroatoms. The van der Waals surface area contributed by atoms with E-state index in [1.807, 2.05) is 30.3 Å². The van der Waals surface area contributed by atoms with Crippen molar-refractivity contribution in [1.82, 2.24) is 9.88 Å². The minimum Gasteiger partial charge on any atom is -0.382 e. The van der Waals surface area contributed by atoms with Gasteiger partial charge < -0.3 is 15.2 Å². The highest BCUT2D eigenvalue weighted by molar-refractivity contribution is 9.10. The molecule has 2 N–H and O–H groups in total. The summed E-state index contributed by atoms with van der Waals surface area (Å²) in [6.07, 6.45) is 2.11. The highest BCUT2D eigenvalue weighted by Gasteiger charge is 2.25. The molecule has 142 valence electrons. The number of halogens is 1. The third-order valence-corrected chi connectivity index (χ3v) is 7.92. The number of benzene rings is 2. The summed E-state index contributed by atoms with van der Waals surface area (Å²) in [4.78, 5) is 5.64. The zero-order chi connectivity index (χ0) is 19.0. The van der Waals surface area contributed by atoms with Gasteiger partial charge in [-0.1, -0.05) is 24.3 Å². The highest BCUT2D eigenvalue weighted by Crippen LogP contribution is 2.34. The number of fused-ring (bicyclic) bond motifs is 1. The maximum atomic E-state index is 13.2. The second-order valence-electron chi connectivity index (χ2n) is 7.07. The zero-order valence-electron chi connectivity index (χ0n) is 15.1. The first-order valence-corrected chi connectivity index (χ1v) is 11.3. The Morgan fingerprint density at radius 2 is 1.85 bits per heavy atom.